The molecule has 3 rings (SSSR count). The normalized spacial score (nSPS) is 14.8. The van der Waals surface area contributed by atoms with Crippen molar-refractivity contribution in [2.24, 2.45) is 0 Å². The van der Waals surface area contributed by atoms with Gasteiger partial charge < -0.3 is 9.64 Å². The lowest BCUT2D eigenvalue weighted by atomic mass is 10.2. The van der Waals surface area contributed by atoms with Crippen molar-refractivity contribution in [3.05, 3.63) is 29.8 Å². The number of aromatic nitrogens is 4. The first-order chi connectivity index (χ1) is 10.3. The largest absolute Gasteiger partial charge is 0.444 e. The van der Waals surface area contributed by atoms with Gasteiger partial charge >= 0.3 is 6.09 Å². The molecule has 2 aromatic heterocycles. The van der Waals surface area contributed by atoms with Crippen molar-refractivity contribution >= 4 is 6.09 Å². The van der Waals surface area contributed by atoms with Crippen LogP contribution in [-0.2, 0) is 17.8 Å². The van der Waals surface area contributed by atoms with Crippen LogP contribution in [0.1, 0.15) is 32.0 Å². The second kappa shape index (κ2) is 5.15. The standard InChI is InChI=1S/C15H21N5O2/c1-11-7-16-20(9-11)12-8-17-19-6-5-18(10-13(12)19)14(21)22-15(2,3)4/h7-9H,5-6,10H2,1-4H3. The van der Waals surface area contributed by atoms with Gasteiger partial charge in [-0.25, -0.2) is 9.48 Å². The van der Waals surface area contributed by atoms with Gasteiger partial charge in [-0.05, 0) is 33.3 Å². The Morgan fingerprint density at radius 2 is 2.00 bits per heavy atom. The summed E-state index contributed by atoms with van der Waals surface area (Å²) in [7, 11) is 0. The zero-order valence-corrected chi connectivity index (χ0v) is 13.4. The third-order valence-electron chi connectivity index (χ3n) is 3.46. The zero-order chi connectivity index (χ0) is 15.9. The van der Waals surface area contributed by atoms with Crippen LogP contribution in [0, 0.1) is 6.92 Å². The number of amides is 1. The van der Waals surface area contributed by atoms with Crippen LogP contribution in [0.15, 0.2) is 18.6 Å². The first-order valence-electron chi connectivity index (χ1n) is 7.38. The molecular weight excluding hydrogens is 282 g/mol. The van der Waals surface area contributed by atoms with Gasteiger partial charge in [-0.3, -0.25) is 4.68 Å². The highest BCUT2D eigenvalue weighted by atomic mass is 16.6. The van der Waals surface area contributed by atoms with E-state index in [0.717, 1.165) is 16.9 Å². The molecule has 0 saturated heterocycles. The number of hydrogen-bond acceptors (Lipinski definition) is 4. The molecule has 3 heterocycles. The van der Waals surface area contributed by atoms with Crippen molar-refractivity contribution in [1.82, 2.24) is 24.5 Å². The fourth-order valence-corrected chi connectivity index (χ4v) is 2.45. The van der Waals surface area contributed by atoms with E-state index in [2.05, 4.69) is 10.2 Å². The summed E-state index contributed by atoms with van der Waals surface area (Å²) in [5.74, 6) is 0. The molecule has 0 unspecified atom stereocenters. The molecule has 1 amide bonds. The molecule has 0 saturated carbocycles. The van der Waals surface area contributed by atoms with Crippen molar-refractivity contribution < 1.29 is 9.53 Å². The van der Waals surface area contributed by atoms with Crippen molar-refractivity contribution in [1.29, 1.82) is 0 Å². The first kappa shape index (κ1) is 14.6. The number of hydrogen-bond donors (Lipinski definition) is 0. The molecule has 1 aliphatic rings. The Balaban J connectivity index is 1.83. The Morgan fingerprint density at radius 1 is 1.23 bits per heavy atom. The second-order valence-corrected chi connectivity index (χ2v) is 6.56. The maximum Gasteiger partial charge on any atom is 0.410 e. The van der Waals surface area contributed by atoms with Gasteiger partial charge in [0.05, 0.1) is 31.2 Å². The molecule has 0 aliphatic carbocycles. The molecule has 7 heteroatoms. The number of nitrogens with zero attached hydrogens (tertiary/aromatic N) is 5. The SMILES string of the molecule is Cc1cnn(-c2cnn3c2CN(C(=O)OC(C)(C)C)CC3)c1. The van der Waals surface area contributed by atoms with Gasteiger partial charge in [0, 0.05) is 12.7 Å². The minimum absolute atomic E-state index is 0.289. The third kappa shape index (κ3) is 2.84. The van der Waals surface area contributed by atoms with Gasteiger partial charge in [-0.1, -0.05) is 0 Å². The fraction of sp³-hybridized carbons (Fsp3) is 0.533. The highest BCUT2D eigenvalue weighted by Gasteiger charge is 2.28. The van der Waals surface area contributed by atoms with Crippen LogP contribution in [0.5, 0.6) is 0 Å². The molecule has 0 atom stereocenters. The molecule has 0 radical (unpaired) electrons. The smallest absolute Gasteiger partial charge is 0.410 e. The molecule has 0 bridgehead atoms. The van der Waals surface area contributed by atoms with E-state index >= 15 is 0 Å². The monoisotopic (exact) mass is 303 g/mol. The fourth-order valence-electron chi connectivity index (χ4n) is 2.45. The first-order valence-corrected chi connectivity index (χ1v) is 7.38. The minimum atomic E-state index is -0.489. The van der Waals surface area contributed by atoms with E-state index in [-0.39, 0.29) is 6.09 Å². The maximum atomic E-state index is 12.2. The summed E-state index contributed by atoms with van der Waals surface area (Å²) in [5.41, 5.74) is 2.47. The lowest BCUT2D eigenvalue weighted by Crippen LogP contribution is -2.41. The van der Waals surface area contributed by atoms with Crippen LogP contribution >= 0.6 is 0 Å². The predicted molar refractivity (Wildman–Crippen MR) is 80.7 cm³/mol. The predicted octanol–water partition coefficient (Wildman–Crippen LogP) is 2.13. The number of carbonyl (C=O) groups is 1. The van der Waals surface area contributed by atoms with Crippen molar-refractivity contribution in [2.75, 3.05) is 6.54 Å². The van der Waals surface area contributed by atoms with Gasteiger partial charge in [0.25, 0.3) is 0 Å². The molecule has 0 fully saturated rings. The molecule has 7 nitrogen and oxygen atoms in total. The molecule has 1 aliphatic heterocycles. The quantitative estimate of drug-likeness (QED) is 0.809. The minimum Gasteiger partial charge on any atom is -0.444 e. The highest BCUT2D eigenvalue weighted by Crippen LogP contribution is 2.21. The summed E-state index contributed by atoms with van der Waals surface area (Å²) < 4.78 is 9.18. The summed E-state index contributed by atoms with van der Waals surface area (Å²) in [5, 5.41) is 8.71. The lowest BCUT2D eigenvalue weighted by molar-refractivity contribution is 0.0194. The number of carbonyl (C=O) groups excluding carboxylic acids is 1. The van der Waals surface area contributed by atoms with Crippen LogP contribution in [0.25, 0.3) is 5.69 Å². The third-order valence-corrected chi connectivity index (χ3v) is 3.46. The van der Waals surface area contributed by atoms with Crippen LogP contribution in [-0.4, -0.2) is 42.7 Å². The van der Waals surface area contributed by atoms with Crippen molar-refractivity contribution in [3.63, 3.8) is 0 Å². The Kier molecular flexibility index (Phi) is 3.42. The molecule has 118 valence electrons. The van der Waals surface area contributed by atoms with E-state index < -0.39 is 5.60 Å². The molecular formula is C15H21N5O2. The maximum absolute atomic E-state index is 12.2. The van der Waals surface area contributed by atoms with Crippen molar-refractivity contribution in [3.8, 4) is 5.69 Å². The number of aryl methyl sites for hydroxylation is 1. The average Bonchev–Trinajstić information content (AvgIpc) is 3.01. The summed E-state index contributed by atoms with van der Waals surface area (Å²) in [6.07, 6.45) is 5.26. The second-order valence-electron chi connectivity index (χ2n) is 6.56. The van der Waals surface area contributed by atoms with Gasteiger partial charge in [0.15, 0.2) is 0 Å². The zero-order valence-electron chi connectivity index (χ0n) is 13.4. The number of rotatable bonds is 1. The van der Waals surface area contributed by atoms with Crippen molar-refractivity contribution in [2.45, 2.75) is 46.4 Å². The molecule has 2 aromatic rings. The van der Waals surface area contributed by atoms with E-state index in [1.165, 1.54) is 0 Å². The molecule has 22 heavy (non-hydrogen) atoms. The highest BCUT2D eigenvalue weighted by molar-refractivity contribution is 5.68. The molecule has 0 spiro atoms. The number of fused-ring (bicyclic) bond motifs is 1. The number of ether oxygens (including phenoxy) is 1. The Morgan fingerprint density at radius 3 is 2.64 bits per heavy atom. The van der Waals surface area contributed by atoms with Gasteiger partial charge in [-0.15, -0.1) is 0 Å². The van der Waals surface area contributed by atoms with Crippen LogP contribution in [0.2, 0.25) is 0 Å². The summed E-state index contributed by atoms with van der Waals surface area (Å²) >= 11 is 0. The summed E-state index contributed by atoms with van der Waals surface area (Å²) in [6, 6.07) is 0. The van der Waals surface area contributed by atoms with E-state index in [9.17, 15) is 4.79 Å². The van der Waals surface area contributed by atoms with E-state index in [1.54, 1.807) is 22.0 Å². The average molecular weight is 303 g/mol. The van der Waals surface area contributed by atoms with Gasteiger partial charge in [0.1, 0.15) is 11.3 Å². The van der Waals surface area contributed by atoms with Crippen LogP contribution < -0.4 is 0 Å². The lowest BCUT2D eigenvalue weighted by Gasteiger charge is -2.30. The van der Waals surface area contributed by atoms with Crippen LogP contribution in [0.3, 0.4) is 0 Å². The van der Waals surface area contributed by atoms with Crippen LogP contribution in [0.4, 0.5) is 4.79 Å². The Bertz CT molecular complexity index is 695. The summed E-state index contributed by atoms with van der Waals surface area (Å²) in [4.78, 5) is 14.0. The molecule has 0 N–H and O–H groups in total. The van der Waals surface area contributed by atoms with Gasteiger partial charge in [-0.2, -0.15) is 10.2 Å². The Labute approximate surface area is 129 Å². The summed E-state index contributed by atoms with van der Waals surface area (Å²) in [6.45, 7) is 9.34. The Hall–Kier alpha value is -2.31. The molecule has 0 aromatic carbocycles. The van der Waals surface area contributed by atoms with E-state index in [4.69, 9.17) is 4.74 Å². The van der Waals surface area contributed by atoms with E-state index in [1.807, 2.05) is 38.6 Å². The van der Waals surface area contributed by atoms with E-state index in [0.29, 0.717) is 19.6 Å². The topological polar surface area (TPSA) is 65.2 Å². The van der Waals surface area contributed by atoms with Gasteiger partial charge in [0.2, 0.25) is 0 Å².